The van der Waals surface area contributed by atoms with E-state index in [2.05, 4.69) is 22.5 Å². The molecule has 122 valence electrons. The van der Waals surface area contributed by atoms with Crippen molar-refractivity contribution in [2.24, 2.45) is 0 Å². The van der Waals surface area contributed by atoms with Gasteiger partial charge in [-0.2, -0.15) is 0 Å². The van der Waals surface area contributed by atoms with Crippen LogP contribution in [0.2, 0.25) is 0 Å². The molecule has 0 aromatic heterocycles. The Morgan fingerprint density at radius 3 is 2.43 bits per heavy atom. The monoisotopic (exact) mass is 298 g/mol. The minimum Gasteiger partial charge on any atom is -0.352 e. The molecule has 0 bridgehead atoms. The van der Waals surface area contributed by atoms with Crippen LogP contribution < -0.4 is 10.6 Å². The van der Waals surface area contributed by atoms with E-state index in [1.807, 2.05) is 20.8 Å². The molecule has 0 spiro atoms. The summed E-state index contributed by atoms with van der Waals surface area (Å²) in [5.74, 6) is -0.0593. The van der Waals surface area contributed by atoms with Crippen molar-refractivity contribution in [1.82, 2.24) is 20.4 Å². The number of rotatable bonds is 8. The van der Waals surface area contributed by atoms with Gasteiger partial charge in [0.1, 0.15) is 0 Å². The van der Waals surface area contributed by atoms with E-state index in [1.54, 1.807) is 4.90 Å². The third kappa shape index (κ3) is 6.01. The molecule has 0 aromatic rings. The van der Waals surface area contributed by atoms with E-state index in [1.165, 1.54) is 0 Å². The van der Waals surface area contributed by atoms with Crippen LogP contribution in [0.4, 0.5) is 0 Å². The van der Waals surface area contributed by atoms with Crippen LogP contribution in [0.25, 0.3) is 0 Å². The van der Waals surface area contributed by atoms with Gasteiger partial charge in [-0.1, -0.05) is 6.92 Å². The zero-order chi connectivity index (χ0) is 15.8. The van der Waals surface area contributed by atoms with Crippen LogP contribution in [-0.4, -0.2) is 73.0 Å². The summed E-state index contributed by atoms with van der Waals surface area (Å²) in [5.41, 5.74) is 0. The number of nitrogens with zero attached hydrogens (tertiary/aromatic N) is 2. The highest BCUT2D eigenvalue weighted by atomic mass is 16.2. The Kier molecular flexibility index (Phi) is 7.67. The molecule has 1 aliphatic heterocycles. The van der Waals surface area contributed by atoms with Crippen LogP contribution in [0, 0.1) is 0 Å². The Balaban J connectivity index is 2.50. The van der Waals surface area contributed by atoms with Gasteiger partial charge in [0.25, 0.3) is 0 Å². The predicted molar refractivity (Wildman–Crippen MR) is 84.1 cm³/mol. The van der Waals surface area contributed by atoms with Crippen molar-refractivity contribution in [3.63, 3.8) is 0 Å². The Bertz CT molecular complexity index is 341. The van der Waals surface area contributed by atoms with Gasteiger partial charge < -0.3 is 15.5 Å². The zero-order valence-electron chi connectivity index (χ0n) is 13.8. The van der Waals surface area contributed by atoms with Gasteiger partial charge in [0.05, 0.1) is 13.1 Å². The van der Waals surface area contributed by atoms with E-state index >= 15 is 0 Å². The fraction of sp³-hybridized carbons (Fsp3) is 0.867. The summed E-state index contributed by atoms with van der Waals surface area (Å²) in [5, 5.41) is 6.16. The van der Waals surface area contributed by atoms with E-state index in [0.717, 1.165) is 26.1 Å². The maximum absolute atomic E-state index is 12.4. The third-order valence-electron chi connectivity index (χ3n) is 3.81. The summed E-state index contributed by atoms with van der Waals surface area (Å²) in [7, 11) is 0. The topological polar surface area (TPSA) is 64.7 Å². The number of hydrogen-bond donors (Lipinski definition) is 2. The largest absolute Gasteiger partial charge is 0.352 e. The molecule has 1 unspecified atom stereocenters. The summed E-state index contributed by atoms with van der Waals surface area (Å²) in [4.78, 5) is 28.0. The first-order chi connectivity index (χ1) is 9.97. The van der Waals surface area contributed by atoms with E-state index in [0.29, 0.717) is 19.1 Å². The van der Waals surface area contributed by atoms with Gasteiger partial charge in [-0.15, -0.1) is 0 Å². The van der Waals surface area contributed by atoms with E-state index in [9.17, 15) is 9.59 Å². The van der Waals surface area contributed by atoms with Crippen molar-refractivity contribution >= 4 is 11.8 Å². The lowest BCUT2D eigenvalue weighted by atomic mass is 10.2. The van der Waals surface area contributed by atoms with E-state index in [4.69, 9.17) is 0 Å². The molecule has 1 saturated heterocycles. The second-order valence-electron chi connectivity index (χ2n) is 5.84. The second kappa shape index (κ2) is 9.00. The summed E-state index contributed by atoms with van der Waals surface area (Å²) >= 11 is 0. The van der Waals surface area contributed by atoms with Crippen LogP contribution in [-0.2, 0) is 9.59 Å². The first kappa shape index (κ1) is 17.9. The minimum absolute atomic E-state index is 0.0326. The van der Waals surface area contributed by atoms with Crippen LogP contribution in [0.3, 0.4) is 0 Å². The van der Waals surface area contributed by atoms with Gasteiger partial charge in [-0.05, 0) is 40.3 Å². The Hall–Kier alpha value is -1.14. The molecule has 21 heavy (non-hydrogen) atoms. The van der Waals surface area contributed by atoms with E-state index in [-0.39, 0.29) is 24.4 Å². The first-order valence-electron chi connectivity index (χ1n) is 7.99. The zero-order valence-corrected chi connectivity index (χ0v) is 13.8. The molecule has 0 saturated carbocycles. The lowest BCUT2D eigenvalue weighted by molar-refractivity contribution is -0.137. The Morgan fingerprint density at radius 2 is 1.95 bits per heavy atom. The number of carbonyl (C=O) groups excluding carboxylic acids is 2. The summed E-state index contributed by atoms with van der Waals surface area (Å²) < 4.78 is 0. The maximum atomic E-state index is 12.4. The number of carbonyl (C=O) groups is 2. The smallest absolute Gasteiger partial charge is 0.239 e. The Labute approximate surface area is 128 Å². The molecule has 1 heterocycles. The summed E-state index contributed by atoms with van der Waals surface area (Å²) in [6.07, 6.45) is 1.08. The molecule has 6 heteroatoms. The molecule has 2 amide bonds. The van der Waals surface area contributed by atoms with Crippen molar-refractivity contribution in [3.8, 4) is 0 Å². The average Bonchev–Trinajstić information content (AvgIpc) is 2.94. The standard InChI is InChI=1S/C15H30N4O2/c1-5-18(13-7-8-16-9-13)11-15(21)19(6-2)10-14(20)17-12(3)4/h12-13,16H,5-11H2,1-4H3,(H,17,20). The van der Waals surface area contributed by atoms with Crippen molar-refractivity contribution in [2.75, 3.05) is 39.3 Å². The second-order valence-corrected chi connectivity index (χ2v) is 5.84. The quantitative estimate of drug-likeness (QED) is 0.664. The van der Waals surface area contributed by atoms with Crippen LogP contribution >= 0.6 is 0 Å². The number of hydrogen-bond acceptors (Lipinski definition) is 4. The summed E-state index contributed by atoms with van der Waals surface area (Å²) in [6.45, 7) is 11.7. The molecule has 0 aliphatic carbocycles. The SMILES string of the molecule is CCN(CC(=O)NC(C)C)C(=O)CN(CC)C1CCNC1. The molecule has 1 atom stereocenters. The maximum Gasteiger partial charge on any atom is 0.239 e. The fourth-order valence-corrected chi connectivity index (χ4v) is 2.64. The number of amides is 2. The van der Waals surface area contributed by atoms with Crippen molar-refractivity contribution in [3.05, 3.63) is 0 Å². The highest BCUT2D eigenvalue weighted by Crippen LogP contribution is 2.08. The molecule has 2 N–H and O–H groups in total. The normalized spacial score (nSPS) is 18.3. The third-order valence-corrected chi connectivity index (χ3v) is 3.81. The first-order valence-corrected chi connectivity index (χ1v) is 7.99. The molecule has 6 nitrogen and oxygen atoms in total. The van der Waals surface area contributed by atoms with Crippen molar-refractivity contribution in [1.29, 1.82) is 0 Å². The predicted octanol–water partition coefficient (Wildman–Crippen LogP) is 0.0433. The van der Waals surface area contributed by atoms with Gasteiger partial charge in [-0.3, -0.25) is 14.5 Å². The van der Waals surface area contributed by atoms with Gasteiger partial charge >= 0.3 is 0 Å². The Morgan fingerprint density at radius 1 is 1.24 bits per heavy atom. The fourth-order valence-electron chi connectivity index (χ4n) is 2.64. The molecular weight excluding hydrogens is 268 g/mol. The van der Waals surface area contributed by atoms with Crippen LogP contribution in [0.1, 0.15) is 34.1 Å². The number of nitrogens with one attached hydrogen (secondary N) is 2. The van der Waals surface area contributed by atoms with Gasteiger partial charge in [0.2, 0.25) is 11.8 Å². The van der Waals surface area contributed by atoms with Crippen molar-refractivity contribution < 1.29 is 9.59 Å². The molecule has 0 aromatic carbocycles. The lowest BCUT2D eigenvalue weighted by Crippen LogP contribution is -2.48. The highest BCUT2D eigenvalue weighted by molar-refractivity contribution is 5.85. The average molecular weight is 298 g/mol. The molecule has 1 aliphatic rings. The highest BCUT2D eigenvalue weighted by Gasteiger charge is 2.25. The molecule has 1 rings (SSSR count). The minimum atomic E-state index is -0.0919. The van der Waals surface area contributed by atoms with Gasteiger partial charge in [0, 0.05) is 25.2 Å². The number of likely N-dealkylation sites (N-methyl/N-ethyl adjacent to an activating group) is 2. The van der Waals surface area contributed by atoms with Crippen molar-refractivity contribution in [2.45, 2.75) is 46.2 Å². The van der Waals surface area contributed by atoms with Gasteiger partial charge in [-0.25, -0.2) is 0 Å². The van der Waals surface area contributed by atoms with E-state index < -0.39 is 0 Å². The van der Waals surface area contributed by atoms with Gasteiger partial charge in [0.15, 0.2) is 0 Å². The van der Waals surface area contributed by atoms with Crippen LogP contribution in [0.5, 0.6) is 0 Å². The molecular formula is C15H30N4O2. The van der Waals surface area contributed by atoms with Crippen LogP contribution in [0.15, 0.2) is 0 Å². The lowest BCUT2D eigenvalue weighted by Gasteiger charge is -2.29. The summed E-state index contributed by atoms with van der Waals surface area (Å²) in [6, 6.07) is 0.533. The molecule has 1 fully saturated rings. The molecule has 0 radical (unpaired) electrons.